The number of aromatic nitrogens is 1. The minimum Gasteiger partial charge on any atom is -0.487 e. The van der Waals surface area contributed by atoms with Crippen LogP contribution in [0.2, 0.25) is 18.1 Å². The number of nitrogens with zero attached hydrogens (tertiary/aromatic N) is 2. The van der Waals surface area contributed by atoms with E-state index in [9.17, 15) is 19.2 Å². The number of hydrogen-bond donors (Lipinski definition) is 4. The number of para-hydroxylation sites is 1. The van der Waals surface area contributed by atoms with Crippen LogP contribution < -0.4 is 31.1 Å². The van der Waals surface area contributed by atoms with Crippen molar-refractivity contribution in [1.29, 1.82) is 0 Å². The Morgan fingerprint density at radius 2 is 1.47 bits per heavy atom. The number of aromatic amines is 1. The fraction of sp³-hybridized carbons (Fsp3) is 0.354. The molecule has 1 fully saturated rings. The highest BCUT2D eigenvalue weighted by Gasteiger charge is 2.40. The molecule has 0 saturated carbocycles. The molecular weight excluding hydrogens is 1000 g/mol. The van der Waals surface area contributed by atoms with Crippen molar-refractivity contribution in [2.45, 2.75) is 109 Å². The summed E-state index contributed by atoms with van der Waals surface area (Å²) in [6.07, 6.45) is 2.56. The van der Waals surface area contributed by atoms with Crippen molar-refractivity contribution in [1.82, 2.24) is 20.5 Å². The van der Waals surface area contributed by atoms with Gasteiger partial charge < -0.3 is 39.3 Å². The first-order valence-electron chi connectivity index (χ1n) is 27.8. The summed E-state index contributed by atoms with van der Waals surface area (Å²) < 4.78 is 19.3. The van der Waals surface area contributed by atoms with Crippen LogP contribution in [0.25, 0.3) is 22.0 Å². The summed E-state index contributed by atoms with van der Waals surface area (Å²) in [5.74, 6) is 0.568. The van der Waals surface area contributed by atoms with E-state index in [-0.39, 0.29) is 47.1 Å². The number of ether oxygens (including phenoxy) is 2. The highest BCUT2D eigenvalue weighted by atomic mass is 28.4. The molecule has 1 aliphatic rings. The predicted octanol–water partition coefficient (Wildman–Crippen LogP) is 12.0. The van der Waals surface area contributed by atoms with Crippen molar-refractivity contribution in [2.75, 3.05) is 50.0 Å². The van der Waals surface area contributed by atoms with Crippen molar-refractivity contribution >= 4 is 48.5 Å². The second-order valence-electron chi connectivity index (χ2n) is 22.4. The van der Waals surface area contributed by atoms with Gasteiger partial charge in [-0.05, 0) is 114 Å². The molecule has 0 radical (unpaired) electrons. The third-order valence-corrected chi connectivity index (χ3v) is 19.9. The van der Waals surface area contributed by atoms with Crippen LogP contribution in [0.3, 0.4) is 0 Å². The largest absolute Gasteiger partial charge is 0.487 e. The number of carbonyl (C=O) groups is 3. The number of likely N-dealkylation sites (tertiary alicyclic amines) is 1. The molecule has 0 spiro atoms. The van der Waals surface area contributed by atoms with Gasteiger partial charge >= 0.3 is 6.09 Å². The number of H-pyrrole nitrogens is 1. The summed E-state index contributed by atoms with van der Waals surface area (Å²) in [5.41, 5.74) is 9.16. The Hall–Kier alpha value is -7.36. The number of nitrogens with one attached hydrogen (secondary N) is 4. The Balaban J connectivity index is 0.760. The van der Waals surface area contributed by atoms with Crippen LogP contribution in [-0.4, -0.2) is 88.0 Å². The minimum atomic E-state index is -2.25. The summed E-state index contributed by atoms with van der Waals surface area (Å²) in [6, 6.07) is 51.4. The first kappa shape index (κ1) is 57.8. The molecule has 1 aromatic heterocycles. The van der Waals surface area contributed by atoms with Crippen LogP contribution in [0.5, 0.6) is 5.75 Å². The van der Waals surface area contributed by atoms with E-state index in [1.807, 2.05) is 121 Å². The summed E-state index contributed by atoms with van der Waals surface area (Å²) in [4.78, 5) is 58.9. The smallest absolute Gasteiger partial charge is 0.411 e. The second kappa shape index (κ2) is 27.0. The summed E-state index contributed by atoms with van der Waals surface area (Å²) in [6.45, 7) is 17.0. The highest BCUT2D eigenvalue weighted by Crippen LogP contribution is 2.41. The Bertz CT molecular complexity index is 3190. The van der Waals surface area contributed by atoms with Crippen LogP contribution in [0, 0.1) is 0 Å². The van der Waals surface area contributed by atoms with Gasteiger partial charge in [0.2, 0.25) is 17.4 Å². The van der Waals surface area contributed by atoms with Crippen molar-refractivity contribution in [3.8, 4) is 16.9 Å². The van der Waals surface area contributed by atoms with Crippen LogP contribution in [0.4, 0.5) is 16.2 Å². The average molecular weight is 1080 g/mol. The number of fused-ring (bicyclic) bond motifs is 1. The number of anilines is 2. The number of carbonyl (C=O) groups excluding carboxylic acids is 3. The quantitative estimate of drug-likeness (QED) is 0.0458. The van der Waals surface area contributed by atoms with Crippen molar-refractivity contribution < 1.29 is 28.3 Å². The maximum Gasteiger partial charge on any atom is 0.411 e. The molecule has 7 aromatic rings. The van der Waals surface area contributed by atoms with Crippen molar-refractivity contribution in [2.24, 2.45) is 0 Å². The molecule has 0 aliphatic carbocycles. The fourth-order valence-corrected chi connectivity index (χ4v) is 11.1. The van der Waals surface area contributed by atoms with Gasteiger partial charge in [0.1, 0.15) is 18.5 Å². The Kier molecular flexibility index (Phi) is 19.8. The molecule has 0 unspecified atom stereocenters. The summed E-state index contributed by atoms with van der Waals surface area (Å²) in [7, 11) is -0.468. The molecule has 3 amide bonds. The SMILES string of the molecule is C[C@H](Cc1cccc(CCNC(=O)Cc2ccc(N(C)C(=O)CCN3CCC(OC(=O)Nc4ccccc4-c4ccccc4)CC3)cc2)c1)NC[C@@H](O[Si](C)(C)C(C)(C)C)c1ccc(OCc2ccccc2)c2[nH]c(=O)ccc12. The maximum atomic E-state index is 13.3. The van der Waals surface area contributed by atoms with E-state index >= 15 is 0 Å². The van der Waals surface area contributed by atoms with Crippen molar-refractivity contribution in [3.05, 3.63) is 196 Å². The third kappa shape index (κ3) is 16.4. The summed E-state index contributed by atoms with van der Waals surface area (Å²) >= 11 is 0. The first-order valence-corrected chi connectivity index (χ1v) is 30.7. The van der Waals surface area contributed by atoms with Gasteiger partial charge in [-0.3, -0.25) is 19.7 Å². The average Bonchev–Trinajstić information content (AvgIpc) is 3.46. The molecule has 0 bridgehead atoms. The monoisotopic (exact) mass is 1080 g/mol. The molecule has 8 rings (SSSR count). The zero-order chi connectivity index (χ0) is 55.9. The number of rotatable bonds is 23. The highest BCUT2D eigenvalue weighted by molar-refractivity contribution is 6.74. The van der Waals surface area contributed by atoms with Gasteiger partial charge in [-0.2, -0.15) is 0 Å². The summed E-state index contributed by atoms with van der Waals surface area (Å²) in [5, 5.41) is 10.7. The number of piperidine rings is 1. The lowest BCUT2D eigenvalue weighted by Gasteiger charge is -2.40. The standard InChI is InChI=1S/C65H78N6O7Si/c1-46(67-44-59(78-79(6,7)65(2,3)4)55-29-31-58(63-56(55)30-32-60(72)69-63)76-45-49-17-10-8-11-18-49)41-50-20-16-19-47(42-50)33-37-66-61(73)43-48-25-27-52(28-26-48)70(5)62(74)36-40-71-38-34-53(35-39-71)77-64(75)68-57-24-15-14-23-54(57)51-21-12-9-13-22-51/h8-32,42,46,53,59,67H,33-41,43-45H2,1-7H3,(H,66,73)(H,68,75)(H,69,72)/t46-,59-/m1/s1. The van der Waals surface area contributed by atoms with E-state index in [1.165, 1.54) is 5.56 Å². The first-order chi connectivity index (χ1) is 38.0. The molecule has 1 aliphatic heterocycles. The minimum absolute atomic E-state index is 0.00733. The Morgan fingerprint density at radius 3 is 2.20 bits per heavy atom. The number of amides is 3. The Morgan fingerprint density at radius 1 is 0.785 bits per heavy atom. The number of benzene rings is 6. The Labute approximate surface area is 467 Å². The van der Waals surface area contributed by atoms with Gasteiger partial charge in [-0.15, -0.1) is 0 Å². The van der Waals surface area contributed by atoms with Gasteiger partial charge in [-0.1, -0.05) is 142 Å². The number of pyridine rings is 1. The number of hydrogen-bond acceptors (Lipinski definition) is 9. The van der Waals surface area contributed by atoms with Crippen LogP contribution in [-0.2, 0) is 44.6 Å². The topological polar surface area (TPSA) is 154 Å². The van der Waals surface area contributed by atoms with Gasteiger partial charge in [-0.25, -0.2) is 4.79 Å². The zero-order valence-electron chi connectivity index (χ0n) is 47.0. The molecule has 414 valence electrons. The second-order valence-corrected chi connectivity index (χ2v) is 27.1. The molecule has 4 N–H and O–H groups in total. The molecule has 2 atom stereocenters. The molecule has 13 nitrogen and oxygen atoms in total. The van der Waals surface area contributed by atoms with E-state index in [2.05, 4.69) is 97.0 Å². The van der Waals surface area contributed by atoms with Gasteiger partial charge in [0.05, 0.1) is 23.7 Å². The lowest BCUT2D eigenvalue weighted by molar-refractivity contribution is -0.120. The fourth-order valence-electron chi connectivity index (χ4n) is 9.78. The molecule has 6 aromatic carbocycles. The lowest BCUT2D eigenvalue weighted by atomic mass is 10.0. The lowest BCUT2D eigenvalue weighted by Crippen LogP contribution is -2.44. The van der Waals surface area contributed by atoms with E-state index in [0.717, 1.165) is 64.0 Å². The van der Waals surface area contributed by atoms with Crippen LogP contribution in [0.15, 0.2) is 163 Å². The van der Waals surface area contributed by atoms with Gasteiger partial charge in [0, 0.05) is 74.9 Å². The molecule has 79 heavy (non-hydrogen) atoms. The molecule has 14 heteroatoms. The van der Waals surface area contributed by atoms with E-state index < -0.39 is 14.4 Å². The molecular formula is C65H78N6O7Si. The van der Waals surface area contributed by atoms with Crippen molar-refractivity contribution in [3.63, 3.8) is 0 Å². The van der Waals surface area contributed by atoms with Crippen LogP contribution in [0.1, 0.15) is 80.9 Å². The molecule has 2 heterocycles. The van der Waals surface area contributed by atoms with Gasteiger partial charge in [0.15, 0.2) is 8.32 Å². The van der Waals surface area contributed by atoms with E-state index in [1.54, 1.807) is 18.0 Å². The maximum absolute atomic E-state index is 13.3. The molecule has 1 saturated heterocycles. The van der Waals surface area contributed by atoms with E-state index in [4.69, 9.17) is 13.9 Å². The van der Waals surface area contributed by atoms with Crippen LogP contribution >= 0.6 is 0 Å². The zero-order valence-corrected chi connectivity index (χ0v) is 48.0. The van der Waals surface area contributed by atoms with Gasteiger partial charge in [0.25, 0.3) is 0 Å². The third-order valence-electron chi connectivity index (χ3n) is 15.4. The van der Waals surface area contributed by atoms with E-state index in [0.29, 0.717) is 68.9 Å². The normalized spacial score (nSPS) is 14.1. The predicted molar refractivity (Wildman–Crippen MR) is 320 cm³/mol.